The second-order valence-electron chi connectivity index (χ2n) is 5.49. The molecule has 0 atom stereocenters. The highest BCUT2D eigenvalue weighted by Crippen LogP contribution is 2.35. The maximum atomic E-state index is 12.8. The van der Waals surface area contributed by atoms with E-state index in [-0.39, 0.29) is 12.3 Å². The van der Waals surface area contributed by atoms with Crippen LogP contribution in [-0.4, -0.2) is 29.8 Å². The van der Waals surface area contributed by atoms with E-state index in [1.807, 2.05) is 0 Å². The molecule has 7 heteroatoms. The molecule has 1 aromatic rings. The minimum Gasteiger partial charge on any atom is -0.483 e. The molecule has 0 saturated heterocycles. The van der Waals surface area contributed by atoms with Crippen LogP contribution in [0.5, 0.6) is 5.75 Å². The SMILES string of the molecule is O=C(COc1ccccc1C(F)(F)F)NCC1(O)CCCC1. The van der Waals surface area contributed by atoms with Crippen molar-refractivity contribution < 1.29 is 27.8 Å². The Bertz CT molecular complexity index is 525. The highest BCUT2D eigenvalue weighted by atomic mass is 19.4. The Kier molecular flexibility index (Phi) is 4.95. The lowest BCUT2D eigenvalue weighted by atomic mass is 10.0. The zero-order valence-electron chi connectivity index (χ0n) is 11.9. The van der Waals surface area contributed by atoms with E-state index in [0.717, 1.165) is 18.9 Å². The Morgan fingerprint density at radius 3 is 2.55 bits per heavy atom. The van der Waals surface area contributed by atoms with Crippen molar-refractivity contribution in [2.75, 3.05) is 13.2 Å². The molecule has 0 bridgehead atoms. The highest BCUT2D eigenvalue weighted by molar-refractivity contribution is 5.77. The summed E-state index contributed by atoms with van der Waals surface area (Å²) >= 11 is 0. The smallest absolute Gasteiger partial charge is 0.419 e. The Balaban J connectivity index is 1.86. The lowest BCUT2D eigenvalue weighted by molar-refractivity contribution is -0.139. The van der Waals surface area contributed by atoms with Gasteiger partial charge in [-0.15, -0.1) is 0 Å². The van der Waals surface area contributed by atoms with Crippen LogP contribution in [0.25, 0.3) is 0 Å². The number of aliphatic hydroxyl groups is 1. The molecule has 22 heavy (non-hydrogen) atoms. The summed E-state index contributed by atoms with van der Waals surface area (Å²) in [5.41, 5.74) is -1.82. The molecule has 1 aliphatic rings. The molecule has 122 valence electrons. The lowest BCUT2D eigenvalue weighted by Gasteiger charge is -2.22. The third-order valence-electron chi connectivity index (χ3n) is 3.70. The van der Waals surface area contributed by atoms with Crippen LogP contribution in [0.1, 0.15) is 31.2 Å². The Morgan fingerprint density at radius 1 is 1.27 bits per heavy atom. The zero-order valence-corrected chi connectivity index (χ0v) is 11.9. The first kappa shape index (κ1) is 16.6. The van der Waals surface area contributed by atoms with Gasteiger partial charge in [0.1, 0.15) is 5.75 Å². The largest absolute Gasteiger partial charge is 0.483 e. The molecule has 0 aromatic heterocycles. The van der Waals surface area contributed by atoms with Gasteiger partial charge in [0.05, 0.1) is 11.2 Å². The summed E-state index contributed by atoms with van der Waals surface area (Å²) < 4.78 is 43.2. The summed E-state index contributed by atoms with van der Waals surface area (Å²) in [5.74, 6) is -0.943. The number of rotatable bonds is 5. The highest BCUT2D eigenvalue weighted by Gasteiger charge is 2.34. The number of nitrogens with one attached hydrogen (secondary N) is 1. The molecule has 2 rings (SSSR count). The van der Waals surface area contributed by atoms with Crippen molar-refractivity contribution in [1.29, 1.82) is 0 Å². The van der Waals surface area contributed by atoms with Crippen LogP contribution in [0.15, 0.2) is 24.3 Å². The topological polar surface area (TPSA) is 58.6 Å². The van der Waals surface area contributed by atoms with Crippen LogP contribution in [0.3, 0.4) is 0 Å². The summed E-state index contributed by atoms with van der Waals surface area (Å²) in [4.78, 5) is 11.6. The maximum absolute atomic E-state index is 12.8. The van der Waals surface area contributed by atoms with Gasteiger partial charge in [-0.2, -0.15) is 13.2 Å². The van der Waals surface area contributed by atoms with Crippen LogP contribution in [0.2, 0.25) is 0 Å². The van der Waals surface area contributed by atoms with Gasteiger partial charge in [0.2, 0.25) is 0 Å². The third kappa shape index (κ3) is 4.37. The standard InChI is InChI=1S/C15H18F3NO3/c16-15(17,18)11-5-1-2-6-12(11)22-9-13(20)19-10-14(21)7-3-4-8-14/h1-2,5-6,21H,3-4,7-10H2,(H,19,20). The van der Waals surface area contributed by atoms with Crippen molar-refractivity contribution in [1.82, 2.24) is 5.32 Å². The van der Waals surface area contributed by atoms with Crippen molar-refractivity contribution in [3.8, 4) is 5.75 Å². The number of hydrogen-bond acceptors (Lipinski definition) is 3. The molecule has 1 amide bonds. The molecule has 0 aliphatic heterocycles. The molecule has 1 aromatic carbocycles. The van der Waals surface area contributed by atoms with Gasteiger partial charge in [-0.05, 0) is 25.0 Å². The quantitative estimate of drug-likeness (QED) is 0.877. The summed E-state index contributed by atoms with van der Waals surface area (Å²) in [7, 11) is 0. The fourth-order valence-electron chi connectivity index (χ4n) is 2.49. The molecular formula is C15H18F3NO3. The monoisotopic (exact) mass is 317 g/mol. The van der Waals surface area contributed by atoms with Crippen molar-refractivity contribution in [2.45, 2.75) is 37.5 Å². The van der Waals surface area contributed by atoms with Gasteiger partial charge in [0.15, 0.2) is 6.61 Å². The van der Waals surface area contributed by atoms with E-state index >= 15 is 0 Å². The van der Waals surface area contributed by atoms with Gasteiger partial charge < -0.3 is 15.2 Å². The summed E-state index contributed by atoms with van der Waals surface area (Å²) in [6.07, 6.45) is -1.49. The van der Waals surface area contributed by atoms with E-state index in [9.17, 15) is 23.1 Å². The van der Waals surface area contributed by atoms with E-state index in [2.05, 4.69) is 5.32 Å². The maximum Gasteiger partial charge on any atom is 0.419 e. The number of carbonyl (C=O) groups excluding carboxylic acids is 1. The van der Waals surface area contributed by atoms with E-state index < -0.39 is 29.9 Å². The summed E-state index contributed by atoms with van der Waals surface area (Å²) in [6.45, 7) is -0.431. The van der Waals surface area contributed by atoms with Gasteiger partial charge in [-0.3, -0.25) is 4.79 Å². The van der Waals surface area contributed by atoms with Crippen molar-refractivity contribution >= 4 is 5.91 Å². The predicted octanol–water partition coefficient (Wildman–Crippen LogP) is 2.51. The van der Waals surface area contributed by atoms with Crippen LogP contribution in [0, 0.1) is 0 Å². The Hall–Kier alpha value is -1.76. The molecule has 0 unspecified atom stereocenters. The number of halogens is 3. The van der Waals surface area contributed by atoms with E-state index in [1.165, 1.54) is 18.2 Å². The average molecular weight is 317 g/mol. The average Bonchev–Trinajstić information content (AvgIpc) is 2.90. The number of amides is 1. The minimum atomic E-state index is -4.54. The number of carbonyl (C=O) groups is 1. The second kappa shape index (κ2) is 6.56. The van der Waals surface area contributed by atoms with Crippen molar-refractivity contribution in [3.05, 3.63) is 29.8 Å². The summed E-state index contributed by atoms with van der Waals surface area (Å²) in [5, 5.41) is 12.6. The van der Waals surface area contributed by atoms with Crippen molar-refractivity contribution in [2.24, 2.45) is 0 Å². The Labute approximate surface area is 126 Å². The van der Waals surface area contributed by atoms with Crippen LogP contribution in [0.4, 0.5) is 13.2 Å². The van der Waals surface area contributed by atoms with Crippen LogP contribution >= 0.6 is 0 Å². The zero-order chi connectivity index (χ0) is 16.2. The molecule has 1 saturated carbocycles. The molecular weight excluding hydrogens is 299 g/mol. The number of hydrogen-bond donors (Lipinski definition) is 2. The molecule has 1 fully saturated rings. The predicted molar refractivity (Wildman–Crippen MR) is 73.4 cm³/mol. The van der Waals surface area contributed by atoms with Gasteiger partial charge in [-0.25, -0.2) is 0 Å². The molecule has 4 nitrogen and oxygen atoms in total. The lowest BCUT2D eigenvalue weighted by Crippen LogP contribution is -2.42. The van der Waals surface area contributed by atoms with Crippen LogP contribution in [-0.2, 0) is 11.0 Å². The molecule has 2 N–H and O–H groups in total. The number of alkyl halides is 3. The fourth-order valence-corrected chi connectivity index (χ4v) is 2.49. The summed E-state index contributed by atoms with van der Waals surface area (Å²) in [6, 6.07) is 4.73. The fraction of sp³-hybridized carbons (Fsp3) is 0.533. The second-order valence-corrected chi connectivity index (χ2v) is 5.49. The molecule has 0 radical (unpaired) electrons. The molecule has 0 spiro atoms. The first-order valence-corrected chi connectivity index (χ1v) is 7.08. The van der Waals surface area contributed by atoms with Crippen molar-refractivity contribution in [3.63, 3.8) is 0 Å². The number of ether oxygens (including phenoxy) is 1. The minimum absolute atomic E-state index is 0.0934. The van der Waals surface area contributed by atoms with Gasteiger partial charge in [0.25, 0.3) is 5.91 Å². The molecule has 0 heterocycles. The third-order valence-corrected chi connectivity index (χ3v) is 3.70. The molecule has 1 aliphatic carbocycles. The van der Waals surface area contributed by atoms with E-state index in [0.29, 0.717) is 12.8 Å². The Morgan fingerprint density at radius 2 is 1.91 bits per heavy atom. The van der Waals surface area contributed by atoms with E-state index in [1.54, 1.807) is 0 Å². The van der Waals surface area contributed by atoms with Crippen LogP contribution < -0.4 is 10.1 Å². The normalized spacial score (nSPS) is 17.3. The first-order chi connectivity index (χ1) is 10.3. The number of benzene rings is 1. The van der Waals surface area contributed by atoms with Gasteiger partial charge in [0, 0.05) is 6.54 Å². The van der Waals surface area contributed by atoms with E-state index in [4.69, 9.17) is 4.74 Å². The number of para-hydroxylation sites is 1. The first-order valence-electron chi connectivity index (χ1n) is 7.08. The van der Waals surface area contributed by atoms with Gasteiger partial charge >= 0.3 is 6.18 Å². The van der Waals surface area contributed by atoms with Gasteiger partial charge in [-0.1, -0.05) is 25.0 Å².